The van der Waals surface area contributed by atoms with Gasteiger partial charge < -0.3 is 10.0 Å². The SMILES string of the molecule is OC1CCC2CN(CCSc3cc(Cl)ccc3Cl)CC12. The molecule has 0 bridgehead atoms. The van der Waals surface area contributed by atoms with Gasteiger partial charge in [0, 0.05) is 41.2 Å². The second-order valence-corrected chi connectivity index (χ2v) is 7.73. The second-order valence-electron chi connectivity index (χ2n) is 5.75. The molecule has 1 N–H and O–H groups in total. The normalized spacial score (nSPS) is 29.9. The number of likely N-dealkylation sites (tertiary alicyclic amines) is 1. The van der Waals surface area contributed by atoms with E-state index in [2.05, 4.69) is 4.90 Å². The number of aliphatic hydroxyl groups excluding tert-OH is 1. The van der Waals surface area contributed by atoms with Crippen molar-refractivity contribution in [2.45, 2.75) is 23.8 Å². The number of hydrogen-bond acceptors (Lipinski definition) is 3. The summed E-state index contributed by atoms with van der Waals surface area (Å²) in [5.74, 6) is 2.23. The Hall–Kier alpha value is 0.0700. The van der Waals surface area contributed by atoms with Gasteiger partial charge in [0.1, 0.15) is 0 Å². The van der Waals surface area contributed by atoms with Crippen molar-refractivity contribution in [2.75, 3.05) is 25.4 Å². The summed E-state index contributed by atoms with van der Waals surface area (Å²) in [5, 5.41) is 11.4. The summed E-state index contributed by atoms with van der Waals surface area (Å²) in [6, 6.07) is 5.59. The Bertz CT molecular complexity index is 485. The van der Waals surface area contributed by atoms with Gasteiger partial charge in [0.15, 0.2) is 0 Å². The summed E-state index contributed by atoms with van der Waals surface area (Å²) in [4.78, 5) is 3.53. The first kappa shape index (κ1) is 15.0. The minimum absolute atomic E-state index is 0.0694. The fourth-order valence-corrected chi connectivity index (χ4v) is 4.89. The number of aliphatic hydroxyl groups is 1. The zero-order valence-corrected chi connectivity index (χ0v) is 13.6. The van der Waals surface area contributed by atoms with Gasteiger partial charge in [0.2, 0.25) is 0 Å². The largest absolute Gasteiger partial charge is 0.393 e. The average molecular weight is 332 g/mol. The molecule has 1 heterocycles. The molecule has 3 atom stereocenters. The molecular weight excluding hydrogens is 313 g/mol. The standard InChI is InChI=1S/C15H19Cl2NOS/c16-11-2-3-13(17)15(7-11)20-6-5-18-8-10-1-4-14(19)12(10)9-18/h2-3,7,10,12,14,19H,1,4-6,8-9H2. The monoisotopic (exact) mass is 331 g/mol. The Morgan fingerprint density at radius 3 is 2.90 bits per heavy atom. The highest BCUT2D eigenvalue weighted by Gasteiger charge is 2.41. The van der Waals surface area contributed by atoms with E-state index in [1.807, 2.05) is 18.2 Å². The Kier molecular flexibility index (Phi) is 4.83. The van der Waals surface area contributed by atoms with E-state index in [9.17, 15) is 5.11 Å². The number of nitrogens with zero attached hydrogens (tertiary/aromatic N) is 1. The molecule has 0 amide bonds. The van der Waals surface area contributed by atoms with E-state index >= 15 is 0 Å². The van der Waals surface area contributed by atoms with Gasteiger partial charge in [-0.3, -0.25) is 0 Å². The first-order valence-electron chi connectivity index (χ1n) is 7.12. The molecule has 20 heavy (non-hydrogen) atoms. The highest BCUT2D eigenvalue weighted by atomic mass is 35.5. The van der Waals surface area contributed by atoms with Crippen molar-refractivity contribution in [1.82, 2.24) is 4.90 Å². The van der Waals surface area contributed by atoms with Crippen molar-refractivity contribution in [3.8, 4) is 0 Å². The zero-order valence-electron chi connectivity index (χ0n) is 11.3. The average Bonchev–Trinajstić information content (AvgIpc) is 2.96. The molecule has 1 saturated carbocycles. The maximum Gasteiger partial charge on any atom is 0.0583 e. The van der Waals surface area contributed by atoms with E-state index in [-0.39, 0.29) is 6.10 Å². The quantitative estimate of drug-likeness (QED) is 0.849. The number of benzene rings is 1. The molecule has 1 aliphatic carbocycles. The maximum atomic E-state index is 9.92. The molecule has 5 heteroatoms. The lowest BCUT2D eigenvalue weighted by Gasteiger charge is -2.17. The lowest BCUT2D eigenvalue weighted by molar-refractivity contribution is 0.125. The summed E-state index contributed by atoms with van der Waals surface area (Å²) >= 11 is 13.9. The van der Waals surface area contributed by atoms with E-state index < -0.39 is 0 Å². The van der Waals surface area contributed by atoms with Gasteiger partial charge in [-0.05, 0) is 37.0 Å². The van der Waals surface area contributed by atoms with Crippen molar-refractivity contribution in [3.63, 3.8) is 0 Å². The molecule has 1 aliphatic heterocycles. The molecule has 3 rings (SSSR count). The lowest BCUT2D eigenvalue weighted by Crippen LogP contribution is -2.26. The van der Waals surface area contributed by atoms with Gasteiger partial charge in [-0.25, -0.2) is 0 Å². The van der Waals surface area contributed by atoms with Crippen LogP contribution in [0.3, 0.4) is 0 Å². The molecular formula is C15H19Cl2NOS. The predicted octanol–water partition coefficient (Wildman–Crippen LogP) is 3.79. The van der Waals surface area contributed by atoms with Gasteiger partial charge in [-0.15, -0.1) is 11.8 Å². The molecule has 2 aliphatic rings. The highest BCUT2D eigenvalue weighted by Crippen LogP contribution is 2.38. The van der Waals surface area contributed by atoms with Crippen LogP contribution in [0.2, 0.25) is 10.0 Å². The predicted molar refractivity (Wildman–Crippen MR) is 85.8 cm³/mol. The molecule has 2 fully saturated rings. The van der Waals surface area contributed by atoms with Crippen molar-refractivity contribution < 1.29 is 5.11 Å². The van der Waals surface area contributed by atoms with Crippen molar-refractivity contribution in [3.05, 3.63) is 28.2 Å². The van der Waals surface area contributed by atoms with Crippen LogP contribution >= 0.6 is 35.0 Å². The van der Waals surface area contributed by atoms with E-state index in [0.717, 1.165) is 46.7 Å². The van der Waals surface area contributed by atoms with Crippen LogP contribution in [-0.4, -0.2) is 41.5 Å². The van der Waals surface area contributed by atoms with Crippen LogP contribution in [0, 0.1) is 11.8 Å². The third-order valence-corrected chi connectivity index (χ3v) is 6.17. The second kappa shape index (κ2) is 6.45. The van der Waals surface area contributed by atoms with Gasteiger partial charge in [0.05, 0.1) is 11.1 Å². The Labute approximate surface area is 134 Å². The molecule has 1 aromatic rings. The zero-order chi connectivity index (χ0) is 14.1. The third kappa shape index (κ3) is 3.28. The summed E-state index contributed by atoms with van der Waals surface area (Å²) in [5.41, 5.74) is 0. The molecule has 1 saturated heterocycles. The fraction of sp³-hybridized carbons (Fsp3) is 0.600. The van der Waals surface area contributed by atoms with Crippen molar-refractivity contribution in [1.29, 1.82) is 0 Å². The van der Waals surface area contributed by atoms with E-state index in [0.29, 0.717) is 11.8 Å². The smallest absolute Gasteiger partial charge is 0.0583 e. The minimum atomic E-state index is -0.0694. The molecule has 0 spiro atoms. The first-order valence-corrected chi connectivity index (χ1v) is 8.86. The minimum Gasteiger partial charge on any atom is -0.393 e. The first-order chi connectivity index (χ1) is 9.63. The number of fused-ring (bicyclic) bond motifs is 1. The Morgan fingerprint density at radius 2 is 2.10 bits per heavy atom. The molecule has 0 radical (unpaired) electrons. The van der Waals surface area contributed by atoms with Crippen LogP contribution in [0.4, 0.5) is 0 Å². The summed E-state index contributed by atoms with van der Waals surface area (Å²) < 4.78 is 0. The van der Waals surface area contributed by atoms with E-state index in [1.165, 1.54) is 6.42 Å². The van der Waals surface area contributed by atoms with Gasteiger partial charge >= 0.3 is 0 Å². The summed E-state index contributed by atoms with van der Waals surface area (Å²) in [6.07, 6.45) is 2.12. The third-order valence-electron chi connectivity index (χ3n) is 4.45. The number of rotatable bonds is 4. The van der Waals surface area contributed by atoms with Crippen molar-refractivity contribution in [2.24, 2.45) is 11.8 Å². The van der Waals surface area contributed by atoms with Crippen LogP contribution in [0.1, 0.15) is 12.8 Å². The van der Waals surface area contributed by atoms with Gasteiger partial charge in [-0.2, -0.15) is 0 Å². The molecule has 2 nitrogen and oxygen atoms in total. The molecule has 1 aromatic carbocycles. The van der Waals surface area contributed by atoms with Crippen LogP contribution in [0.15, 0.2) is 23.1 Å². The lowest BCUT2D eigenvalue weighted by atomic mass is 10.00. The van der Waals surface area contributed by atoms with Gasteiger partial charge in [-0.1, -0.05) is 23.2 Å². The Balaban J connectivity index is 1.48. The van der Waals surface area contributed by atoms with E-state index in [1.54, 1.807) is 11.8 Å². The topological polar surface area (TPSA) is 23.5 Å². The fourth-order valence-electron chi connectivity index (χ4n) is 3.38. The van der Waals surface area contributed by atoms with Crippen LogP contribution in [0.5, 0.6) is 0 Å². The molecule has 3 unspecified atom stereocenters. The van der Waals surface area contributed by atoms with Crippen LogP contribution in [0.25, 0.3) is 0 Å². The van der Waals surface area contributed by atoms with Gasteiger partial charge in [0.25, 0.3) is 0 Å². The summed E-state index contributed by atoms with van der Waals surface area (Å²) in [7, 11) is 0. The maximum absolute atomic E-state index is 9.92. The number of thioether (sulfide) groups is 1. The Morgan fingerprint density at radius 1 is 1.25 bits per heavy atom. The van der Waals surface area contributed by atoms with Crippen LogP contribution < -0.4 is 0 Å². The molecule has 110 valence electrons. The molecule has 0 aromatic heterocycles. The summed E-state index contributed by atoms with van der Waals surface area (Å²) in [6.45, 7) is 3.24. The van der Waals surface area contributed by atoms with E-state index in [4.69, 9.17) is 23.2 Å². The number of hydrogen-bond donors (Lipinski definition) is 1. The van der Waals surface area contributed by atoms with Crippen molar-refractivity contribution >= 4 is 35.0 Å². The highest BCUT2D eigenvalue weighted by molar-refractivity contribution is 7.99. The van der Waals surface area contributed by atoms with Crippen LogP contribution in [-0.2, 0) is 0 Å². The number of halogens is 2.